The first kappa shape index (κ1) is 12.8. The second kappa shape index (κ2) is 4.57. The number of ketones is 1. The minimum Gasteiger partial charge on any atom is -0.386 e. The van der Waals surface area contributed by atoms with Crippen molar-refractivity contribution in [3.63, 3.8) is 0 Å². The van der Waals surface area contributed by atoms with Gasteiger partial charge in [0.15, 0.2) is 5.78 Å². The standard InChI is InChI=1S/C13H18N2O3/c1-3-4-13(18)7-15(8-13)12(17)11-5-10(6-14-11)9(2)16/h5-6,14,18H,3-4,7-8H2,1-2H3. The molecule has 2 N–H and O–H groups in total. The number of nitrogens with zero attached hydrogens (tertiary/aromatic N) is 1. The van der Waals surface area contributed by atoms with Gasteiger partial charge in [-0.1, -0.05) is 13.3 Å². The van der Waals surface area contributed by atoms with E-state index in [4.69, 9.17) is 0 Å². The van der Waals surface area contributed by atoms with Crippen LogP contribution in [-0.2, 0) is 0 Å². The molecule has 1 aromatic rings. The Morgan fingerprint density at radius 2 is 2.17 bits per heavy atom. The van der Waals surface area contributed by atoms with Crippen LogP contribution >= 0.6 is 0 Å². The number of aromatic nitrogens is 1. The van der Waals surface area contributed by atoms with Crippen molar-refractivity contribution in [3.8, 4) is 0 Å². The van der Waals surface area contributed by atoms with Crippen LogP contribution in [0.2, 0.25) is 0 Å². The van der Waals surface area contributed by atoms with E-state index < -0.39 is 5.60 Å². The zero-order valence-corrected chi connectivity index (χ0v) is 10.7. The fourth-order valence-electron chi connectivity index (χ4n) is 2.32. The first-order chi connectivity index (χ1) is 8.45. The van der Waals surface area contributed by atoms with Gasteiger partial charge in [0.1, 0.15) is 5.69 Å². The van der Waals surface area contributed by atoms with Crippen molar-refractivity contribution in [2.75, 3.05) is 13.1 Å². The summed E-state index contributed by atoms with van der Waals surface area (Å²) in [4.78, 5) is 27.6. The van der Waals surface area contributed by atoms with Crippen molar-refractivity contribution >= 4 is 11.7 Å². The molecule has 98 valence electrons. The van der Waals surface area contributed by atoms with E-state index in [1.807, 2.05) is 6.92 Å². The van der Waals surface area contributed by atoms with Gasteiger partial charge in [-0.2, -0.15) is 0 Å². The average molecular weight is 250 g/mol. The van der Waals surface area contributed by atoms with E-state index in [9.17, 15) is 14.7 Å². The number of likely N-dealkylation sites (tertiary alicyclic amines) is 1. The highest BCUT2D eigenvalue weighted by Crippen LogP contribution is 2.27. The maximum atomic E-state index is 12.0. The highest BCUT2D eigenvalue weighted by atomic mass is 16.3. The second-order valence-corrected chi connectivity index (χ2v) is 4.99. The lowest BCUT2D eigenvalue weighted by molar-refractivity contribution is -0.0861. The summed E-state index contributed by atoms with van der Waals surface area (Å²) in [5.74, 6) is -0.236. The predicted molar refractivity (Wildman–Crippen MR) is 66.6 cm³/mol. The van der Waals surface area contributed by atoms with Crippen LogP contribution < -0.4 is 0 Å². The molecule has 2 rings (SSSR count). The molecule has 0 aromatic carbocycles. The van der Waals surface area contributed by atoms with Crippen LogP contribution in [0, 0.1) is 0 Å². The minimum atomic E-state index is -0.722. The zero-order valence-electron chi connectivity index (χ0n) is 10.7. The maximum Gasteiger partial charge on any atom is 0.270 e. The van der Waals surface area contributed by atoms with Crippen molar-refractivity contribution < 1.29 is 14.7 Å². The van der Waals surface area contributed by atoms with Gasteiger partial charge >= 0.3 is 0 Å². The van der Waals surface area contributed by atoms with Crippen LogP contribution in [-0.4, -0.2) is 45.4 Å². The lowest BCUT2D eigenvalue weighted by Gasteiger charge is -2.46. The molecule has 0 bridgehead atoms. The van der Waals surface area contributed by atoms with Crippen LogP contribution in [0.5, 0.6) is 0 Å². The number of aromatic amines is 1. The van der Waals surface area contributed by atoms with Gasteiger partial charge in [0.05, 0.1) is 18.7 Å². The number of H-pyrrole nitrogens is 1. The molecule has 1 aliphatic heterocycles. The number of carbonyl (C=O) groups is 2. The Bertz CT molecular complexity index is 472. The van der Waals surface area contributed by atoms with Gasteiger partial charge < -0.3 is 15.0 Å². The molecular formula is C13H18N2O3. The monoisotopic (exact) mass is 250 g/mol. The molecule has 2 heterocycles. The quantitative estimate of drug-likeness (QED) is 0.789. The Morgan fingerprint density at radius 1 is 1.50 bits per heavy atom. The molecule has 18 heavy (non-hydrogen) atoms. The van der Waals surface area contributed by atoms with E-state index >= 15 is 0 Å². The molecule has 0 radical (unpaired) electrons. The third-order valence-corrected chi connectivity index (χ3v) is 3.29. The zero-order chi connectivity index (χ0) is 13.3. The Hall–Kier alpha value is -1.62. The number of aliphatic hydroxyl groups is 1. The molecule has 0 spiro atoms. The largest absolute Gasteiger partial charge is 0.386 e. The summed E-state index contributed by atoms with van der Waals surface area (Å²) in [6.45, 7) is 4.20. The Kier molecular flexibility index (Phi) is 3.26. The number of nitrogens with one attached hydrogen (secondary N) is 1. The summed E-state index contributed by atoms with van der Waals surface area (Å²) in [6, 6.07) is 1.56. The highest BCUT2D eigenvalue weighted by Gasteiger charge is 2.43. The van der Waals surface area contributed by atoms with E-state index in [1.165, 1.54) is 13.1 Å². The molecule has 0 atom stereocenters. The molecule has 1 saturated heterocycles. The van der Waals surface area contributed by atoms with E-state index in [0.29, 0.717) is 30.8 Å². The smallest absolute Gasteiger partial charge is 0.270 e. The summed E-state index contributed by atoms with van der Waals surface area (Å²) >= 11 is 0. The normalized spacial score (nSPS) is 17.4. The summed E-state index contributed by atoms with van der Waals surface area (Å²) in [6.07, 6.45) is 3.14. The summed E-state index contributed by atoms with van der Waals surface area (Å²) in [5.41, 5.74) is 0.182. The fourth-order valence-corrected chi connectivity index (χ4v) is 2.32. The molecule has 0 saturated carbocycles. The summed E-state index contributed by atoms with van der Waals surface area (Å²) in [7, 11) is 0. The molecule has 1 amide bonds. The van der Waals surface area contributed by atoms with E-state index in [2.05, 4.69) is 4.98 Å². The van der Waals surface area contributed by atoms with Gasteiger partial charge in [-0.3, -0.25) is 9.59 Å². The van der Waals surface area contributed by atoms with Crippen molar-refractivity contribution in [1.29, 1.82) is 0 Å². The van der Waals surface area contributed by atoms with Crippen molar-refractivity contribution in [3.05, 3.63) is 23.5 Å². The van der Waals surface area contributed by atoms with E-state index in [1.54, 1.807) is 11.0 Å². The average Bonchev–Trinajstić information content (AvgIpc) is 2.74. The molecule has 5 heteroatoms. The van der Waals surface area contributed by atoms with Crippen molar-refractivity contribution in [1.82, 2.24) is 9.88 Å². The third kappa shape index (κ3) is 2.31. The van der Waals surface area contributed by atoms with Gasteiger partial charge in [-0.25, -0.2) is 0 Å². The van der Waals surface area contributed by atoms with Crippen molar-refractivity contribution in [2.24, 2.45) is 0 Å². The molecule has 1 aromatic heterocycles. The fraction of sp³-hybridized carbons (Fsp3) is 0.538. The summed E-state index contributed by atoms with van der Waals surface area (Å²) in [5, 5.41) is 10.0. The first-order valence-corrected chi connectivity index (χ1v) is 6.16. The number of amides is 1. The number of hydrogen-bond donors (Lipinski definition) is 2. The molecule has 5 nitrogen and oxygen atoms in total. The van der Waals surface area contributed by atoms with Crippen molar-refractivity contribution in [2.45, 2.75) is 32.3 Å². The SMILES string of the molecule is CCCC1(O)CN(C(=O)c2cc(C(C)=O)c[nH]2)C1. The molecule has 0 unspecified atom stereocenters. The molecule has 1 fully saturated rings. The predicted octanol–water partition coefficient (Wildman–Crippen LogP) is 1.20. The van der Waals surface area contributed by atoms with Crippen LogP contribution in [0.1, 0.15) is 47.5 Å². The van der Waals surface area contributed by atoms with E-state index in [0.717, 1.165) is 6.42 Å². The summed E-state index contributed by atoms with van der Waals surface area (Å²) < 4.78 is 0. The number of rotatable bonds is 4. The van der Waals surface area contributed by atoms with Gasteiger partial charge in [-0.05, 0) is 19.4 Å². The highest BCUT2D eigenvalue weighted by molar-refractivity contribution is 5.99. The number of β-amino-alcohol motifs (C(OH)–C–C–N with tert-alkyl or cyclic N) is 1. The number of hydrogen-bond acceptors (Lipinski definition) is 3. The van der Waals surface area contributed by atoms with Gasteiger partial charge in [-0.15, -0.1) is 0 Å². The lowest BCUT2D eigenvalue weighted by atomic mass is 9.89. The Labute approximate surface area is 106 Å². The third-order valence-electron chi connectivity index (χ3n) is 3.29. The number of Topliss-reactive ketones (excluding diaryl/α,β-unsaturated/α-hetero) is 1. The lowest BCUT2D eigenvalue weighted by Crippen LogP contribution is -2.63. The van der Waals surface area contributed by atoms with Crippen LogP contribution in [0.3, 0.4) is 0 Å². The molecule has 1 aliphatic rings. The van der Waals surface area contributed by atoms with Gasteiger partial charge in [0.2, 0.25) is 0 Å². The Morgan fingerprint density at radius 3 is 2.67 bits per heavy atom. The van der Waals surface area contributed by atoms with Gasteiger partial charge in [0, 0.05) is 11.8 Å². The van der Waals surface area contributed by atoms with Crippen LogP contribution in [0.15, 0.2) is 12.3 Å². The molecule has 0 aliphatic carbocycles. The first-order valence-electron chi connectivity index (χ1n) is 6.16. The van der Waals surface area contributed by atoms with Crippen LogP contribution in [0.25, 0.3) is 0 Å². The second-order valence-electron chi connectivity index (χ2n) is 4.99. The topological polar surface area (TPSA) is 73.4 Å². The maximum absolute atomic E-state index is 12.0. The molecular weight excluding hydrogens is 232 g/mol. The van der Waals surface area contributed by atoms with E-state index in [-0.39, 0.29) is 11.7 Å². The minimum absolute atomic E-state index is 0.0728. The Balaban J connectivity index is 1.99. The van der Waals surface area contributed by atoms with Gasteiger partial charge in [0.25, 0.3) is 5.91 Å². The van der Waals surface area contributed by atoms with Crippen LogP contribution in [0.4, 0.5) is 0 Å². The number of carbonyl (C=O) groups excluding carboxylic acids is 2.